The Morgan fingerprint density at radius 3 is 2.67 bits per heavy atom. The fourth-order valence-electron chi connectivity index (χ4n) is 0.321. The molecule has 0 amide bonds. The van der Waals surface area contributed by atoms with Gasteiger partial charge in [0.2, 0.25) is 0 Å². The second-order valence-electron chi connectivity index (χ2n) is 1.71. The van der Waals surface area contributed by atoms with Crippen LogP contribution in [0.3, 0.4) is 0 Å². The van der Waals surface area contributed by atoms with Gasteiger partial charge in [-0.3, -0.25) is 4.79 Å². The van der Waals surface area contributed by atoms with Crippen molar-refractivity contribution >= 4 is 6.04 Å². The quantitative estimate of drug-likeness (QED) is 0.419. The molecule has 0 aliphatic rings. The van der Waals surface area contributed by atoms with Crippen LogP contribution >= 0.6 is 0 Å². The monoisotopic (exact) mass is 128 g/mol. The summed E-state index contributed by atoms with van der Waals surface area (Å²) >= 11 is 0. The molecule has 0 spiro atoms. The third kappa shape index (κ3) is 3.64. The first-order valence-corrected chi connectivity index (χ1v) is 2.67. The summed E-state index contributed by atoms with van der Waals surface area (Å²) < 4.78 is 11.7. The zero-order chi connectivity index (χ0) is 7.28. The summed E-state index contributed by atoms with van der Waals surface area (Å²) in [4.78, 5) is 9.90. The Morgan fingerprint density at radius 1 is 1.78 bits per heavy atom. The third-order valence-corrected chi connectivity index (χ3v) is 0.894. The van der Waals surface area contributed by atoms with Crippen molar-refractivity contribution in [2.45, 2.75) is 6.92 Å². The average Bonchev–Trinajstić information content (AvgIpc) is 1.82. The molecule has 9 heavy (non-hydrogen) atoms. The highest BCUT2D eigenvalue weighted by Gasteiger charge is 2.04. The van der Waals surface area contributed by atoms with Gasteiger partial charge in [-0.2, -0.15) is 4.39 Å². The molecular weight excluding hydrogens is 119 g/mol. The molecule has 0 N–H and O–H groups in total. The number of carbonyl (C=O) groups excluding carboxylic acids is 1. The SMILES string of the molecule is C=C/C=C/C(C)C(=O)F. The molecule has 0 saturated carbocycles. The predicted molar refractivity (Wildman–Crippen MR) is 34.6 cm³/mol. The topological polar surface area (TPSA) is 17.1 Å². The first-order chi connectivity index (χ1) is 4.18. The summed E-state index contributed by atoms with van der Waals surface area (Å²) in [7, 11) is 0. The van der Waals surface area contributed by atoms with Crippen LogP contribution < -0.4 is 0 Å². The Hall–Kier alpha value is -0.920. The van der Waals surface area contributed by atoms with Crippen LogP contribution in [0, 0.1) is 5.92 Å². The van der Waals surface area contributed by atoms with E-state index in [0.717, 1.165) is 0 Å². The third-order valence-electron chi connectivity index (χ3n) is 0.894. The fraction of sp³-hybridized carbons (Fsp3) is 0.286. The van der Waals surface area contributed by atoms with Gasteiger partial charge in [0, 0.05) is 0 Å². The lowest BCUT2D eigenvalue weighted by Gasteiger charge is -1.91. The maximum atomic E-state index is 11.7. The molecule has 0 aromatic rings. The van der Waals surface area contributed by atoms with Gasteiger partial charge < -0.3 is 0 Å². The first kappa shape index (κ1) is 8.08. The molecule has 0 radical (unpaired) electrons. The summed E-state index contributed by atoms with van der Waals surface area (Å²) in [6, 6.07) is -1.31. The van der Waals surface area contributed by atoms with E-state index in [9.17, 15) is 9.18 Å². The minimum atomic E-state index is -1.31. The van der Waals surface area contributed by atoms with Crippen LogP contribution in [-0.4, -0.2) is 6.04 Å². The number of rotatable bonds is 3. The molecule has 1 unspecified atom stereocenters. The van der Waals surface area contributed by atoms with Crippen molar-refractivity contribution < 1.29 is 9.18 Å². The molecule has 0 aliphatic carbocycles. The maximum absolute atomic E-state index is 11.7. The number of carbonyl (C=O) groups is 1. The number of halogens is 1. The van der Waals surface area contributed by atoms with Gasteiger partial charge in [0.05, 0.1) is 5.92 Å². The van der Waals surface area contributed by atoms with Crippen LogP contribution in [0.5, 0.6) is 0 Å². The van der Waals surface area contributed by atoms with Gasteiger partial charge in [-0.1, -0.05) is 24.8 Å². The van der Waals surface area contributed by atoms with Gasteiger partial charge in [0.15, 0.2) is 0 Å². The van der Waals surface area contributed by atoms with E-state index in [1.54, 1.807) is 6.08 Å². The Kier molecular flexibility index (Phi) is 3.60. The van der Waals surface area contributed by atoms with Crippen molar-refractivity contribution in [2.24, 2.45) is 5.92 Å². The lowest BCUT2D eigenvalue weighted by atomic mass is 10.2. The summed E-state index contributed by atoms with van der Waals surface area (Å²) in [5, 5.41) is 0. The summed E-state index contributed by atoms with van der Waals surface area (Å²) in [5.74, 6) is -0.636. The van der Waals surface area contributed by atoms with Gasteiger partial charge in [-0.25, -0.2) is 0 Å². The van der Waals surface area contributed by atoms with E-state index < -0.39 is 12.0 Å². The Balaban J connectivity index is 3.75. The fourth-order valence-corrected chi connectivity index (χ4v) is 0.321. The van der Waals surface area contributed by atoms with Gasteiger partial charge in [-0.15, -0.1) is 0 Å². The van der Waals surface area contributed by atoms with E-state index in [-0.39, 0.29) is 0 Å². The maximum Gasteiger partial charge on any atom is 0.308 e. The second-order valence-corrected chi connectivity index (χ2v) is 1.71. The first-order valence-electron chi connectivity index (χ1n) is 2.67. The van der Waals surface area contributed by atoms with E-state index in [1.165, 1.54) is 19.1 Å². The van der Waals surface area contributed by atoms with Crippen LogP contribution in [-0.2, 0) is 4.79 Å². The Bertz CT molecular complexity index is 138. The minimum Gasteiger partial charge on any atom is -0.261 e. The average molecular weight is 128 g/mol. The minimum absolute atomic E-state index is 0.636. The molecule has 1 atom stereocenters. The van der Waals surface area contributed by atoms with Crippen molar-refractivity contribution in [2.75, 3.05) is 0 Å². The molecule has 0 bridgehead atoms. The number of hydrogen-bond donors (Lipinski definition) is 0. The zero-order valence-electron chi connectivity index (χ0n) is 5.30. The van der Waals surface area contributed by atoms with Crippen LogP contribution in [0.25, 0.3) is 0 Å². The Labute approximate surface area is 53.9 Å². The normalized spacial score (nSPS) is 13.6. The largest absolute Gasteiger partial charge is 0.308 e. The van der Waals surface area contributed by atoms with Gasteiger partial charge in [-0.05, 0) is 6.92 Å². The van der Waals surface area contributed by atoms with Crippen molar-refractivity contribution in [1.29, 1.82) is 0 Å². The van der Waals surface area contributed by atoms with E-state index >= 15 is 0 Å². The van der Waals surface area contributed by atoms with Crippen LogP contribution in [0.2, 0.25) is 0 Å². The summed E-state index contributed by atoms with van der Waals surface area (Å²) in [5.41, 5.74) is 0. The molecule has 0 heterocycles. The number of allylic oxidation sites excluding steroid dienone is 3. The lowest BCUT2D eigenvalue weighted by molar-refractivity contribution is -0.131. The molecule has 0 rings (SSSR count). The highest BCUT2D eigenvalue weighted by atomic mass is 19.1. The van der Waals surface area contributed by atoms with Crippen LogP contribution in [0.4, 0.5) is 4.39 Å². The van der Waals surface area contributed by atoms with Gasteiger partial charge in [0.25, 0.3) is 0 Å². The molecule has 1 nitrogen and oxygen atoms in total. The Morgan fingerprint density at radius 2 is 2.33 bits per heavy atom. The van der Waals surface area contributed by atoms with E-state index in [1.807, 2.05) is 0 Å². The molecule has 0 aliphatic heterocycles. The molecule has 0 fully saturated rings. The standard InChI is InChI=1S/C7H9FO/c1-3-4-5-6(2)7(8)9/h3-6H,1H2,2H3/b5-4+. The molecule has 0 aromatic heterocycles. The zero-order valence-corrected chi connectivity index (χ0v) is 5.30. The van der Waals surface area contributed by atoms with E-state index in [2.05, 4.69) is 6.58 Å². The predicted octanol–water partition coefficient (Wildman–Crippen LogP) is 1.86. The number of hydrogen-bond acceptors (Lipinski definition) is 1. The van der Waals surface area contributed by atoms with Crippen molar-refractivity contribution in [3.8, 4) is 0 Å². The summed E-state index contributed by atoms with van der Waals surface area (Å²) in [6.45, 7) is 4.86. The van der Waals surface area contributed by atoms with Crippen molar-refractivity contribution in [1.82, 2.24) is 0 Å². The van der Waals surface area contributed by atoms with E-state index in [0.29, 0.717) is 0 Å². The molecule has 50 valence electrons. The molecular formula is C7H9FO. The van der Waals surface area contributed by atoms with Crippen molar-refractivity contribution in [3.05, 3.63) is 24.8 Å². The highest BCUT2D eigenvalue weighted by molar-refractivity contribution is 5.72. The van der Waals surface area contributed by atoms with Crippen molar-refractivity contribution in [3.63, 3.8) is 0 Å². The lowest BCUT2D eigenvalue weighted by Crippen LogP contribution is -1.99. The van der Waals surface area contributed by atoms with Gasteiger partial charge >= 0.3 is 6.04 Å². The van der Waals surface area contributed by atoms with Gasteiger partial charge in [0.1, 0.15) is 0 Å². The smallest absolute Gasteiger partial charge is 0.261 e. The summed E-state index contributed by atoms with van der Waals surface area (Å²) in [6.07, 6.45) is 4.50. The van der Waals surface area contributed by atoms with Crippen LogP contribution in [0.15, 0.2) is 24.8 Å². The van der Waals surface area contributed by atoms with Crippen LogP contribution in [0.1, 0.15) is 6.92 Å². The molecule has 0 saturated heterocycles. The highest BCUT2D eigenvalue weighted by Crippen LogP contribution is 1.98. The van der Waals surface area contributed by atoms with E-state index in [4.69, 9.17) is 0 Å². The molecule has 0 aromatic carbocycles. The molecule has 2 heteroatoms. The second kappa shape index (κ2) is 4.01.